The second kappa shape index (κ2) is 62.0. The van der Waals surface area contributed by atoms with Gasteiger partial charge in [-0.25, -0.2) is 0 Å². The first kappa shape index (κ1) is 77.0. The highest BCUT2D eigenvalue weighted by Crippen LogP contribution is 2.17. The fraction of sp³-hybridized carbons (Fsp3) is 0.708. The van der Waals surface area contributed by atoms with Gasteiger partial charge in [-0.15, -0.1) is 0 Å². The highest BCUT2D eigenvalue weighted by Gasteiger charge is 2.21. The number of esters is 2. The molecule has 81 heavy (non-hydrogen) atoms. The molecular formula is C72H123NO8. The number of carboxylic acids is 1. The maximum Gasteiger partial charge on any atom is 0.310 e. The monoisotopic (exact) mass is 1130 g/mol. The van der Waals surface area contributed by atoms with E-state index in [0.29, 0.717) is 17.4 Å². The zero-order valence-electron chi connectivity index (χ0n) is 52.9. The SMILES string of the molecule is CC/C=C\C/C=C\C/C=C\C/C=C\C/C=C\CC(=O)OC(COC(=O)CCCCCCCCCCCCCCCCCCCCCCCCCCCCCC/C=C\C/C=C\C/C=C\C/C=C\CC)COC(OCC[N+](C)(C)C)C(=O)[O-]. The fourth-order valence-corrected chi connectivity index (χ4v) is 9.08. The van der Waals surface area contributed by atoms with Gasteiger partial charge in [0, 0.05) is 6.42 Å². The average Bonchev–Trinajstić information content (AvgIpc) is 3.44. The zero-order valence-corrected chi connectivity index (χ0v) is 52.9. The lowest BCUT2D eigenvalue weighted by Gasteiger charge is -2.26. The van der Waals surface area contributed by atoms with E-state index in [-0.39, 0.29) is 38.6 Å². The van der Waals surface area contributed by atoms with Gasteiger partial charge in [-0.3, -0.25) is 9.59 Å². The summed E-state index contributed by atoms with van der Waals surface area (Å²) < 4.78 is 22.5. The van der Waals surface area contributed by atoms with Gasteiger partial charge >= 0.3 is 11.9 Å². The third kappa shape index (κ3) is 63.4. The van der Waals surface area contributed by atoms with E-state index in [1.165, 1.54) is 167 Å². The van der Waals surface area contributed by atoms with Crippen molar-refractivity contribution in [3.8, 4) is 0 Å². The number of rotatable bonds is 60. The van der Waals surface area contributed by atoms with Gasteiger partial charge in [-0.05, 0) is 77.0 Å². The second-order valence-electron chi connectivity index (χ2n) is 23.0. The van der Waals surface area contributed by atoms with Crippen LogP contribution in [0.15, 0.2) is 109 Å². The van der Waals surface area contributed by atoms with E-state index in [9.17, 15) is 19.5 Å². The van der Waals surface area contributed by atoms with E-state index < -0.39 is 24.3 Å². The lowest BCUT2D eigenvalue weighted by molar-refractivity contribution is -0.870. The first-order chi connectivity index (χ1) is 39.6. The van der Waals surface area contributed by atoms with Gasteiger partial charge in [-0.1, -0.05) is 290 Å². The van der Waals surface area contributed by atoms with Gasteiger partial charge < -0.3 is 33.3 Å². The Kier molecular flexibility index (Phi) is 58.9. The van der Waals surface area contributed by atoms with Crippen molar-refractivity contribution in [3.63, 3.8) is 0 Å². The number of allylic oxidation sites excluding steroid dienone is 17. The van der Waals surface area contributed by atoms with Crippen molar-refractivity contribution in [2.24, 2.45) is 0 Å². The summed E-state index contributed by atoms with van der Waals surface area (Å²) >= 11 is 0. The van der Waals surface area contributed by atoms with Crippen LogP contribution in [0.5, 0.6) is 0 Å². The molecule has 0 heterocycles. The molecule has 0 spiro atoms. The van der Waals surface area contributed by atoms with Crippen LogP contribution in [-0.2, 0) is 33.3 Å². The number of unbranched alkanes of at least 4 members (excludes halogenated alkanes) is 28. The summed E-state index contributed by atoms with van der Waals surface area (Å²) in [5.41, 5.74) is 0. The Bertz CT molecular complexity index is 1700. The lowest BCUT2D eigenvalue weighted by atomic mass is 10.0. The van der Waals surface area contributed by atoms with Crippen LogP contribution in [0.2, 0.25) is 0 Å². The average molecular weight is 1130 g/mol. The summed E-state index contributed by atoms with van der Waals surface area (Å²) in [5.74, 6) is -2.45. The number of nitrogens with zero attached hydrogens (tertiary/aromatic N) is 1. The van der Waals surface area contributed by atoms with Crippen LogP contribution in [0.3, 0.4) is 0 Å². The number of carbonyl (C=O) groups is 3. The molecular weight excluding hydrogens is 1010 g/mol. The standard InChI is InChI=1S/C72H123NO8/c1-6-8-10-12-14-16-18-20-22-23-24-25-26-27-28-29-30-31-32-33-34-35-36-37-38-39-40-41-42-43-44-45-46-47-49-50-52-54-56-58-60-62-69(74)79-66-68(67-80-72(71(76)77)78-65-64-73(3,4)5)81-70(75)63-61-59-57-55-53-51-48-21-19-17-15-13-11-9-7-2/h8-11,14-17,20-22,24-25,48,53,55,59,61,68,72H,6-7,12-13,18-19,23,26-47,49-52,54,56-58,60,62-67H2,1-5H3/b10-8-,11-9-,16-14-,17-15-,22-20-,25-24-,48-21-,55-53-,61-59-. The van der Waals surface area contributed by atoms with Crippen LogP contribution in [0.25, 0.3) is 0 Å². The minimum atomic E-state index is -1.65. The highest BCUT2D eigenvalue weighted by atomic mass is 16.7. The number of carboxylic acid groups (broad SMARTS) is 1. The molecule has 0 saturated heterocycles. The number of quaternary nitrogens is 1. The maximum absolute atomic E-state index is 12.8. The van der Waals surface area contributed by atoms with Crippen molar-refractivity contribution < 1.29 is 42.9 Å². The first-order valence-electron chi connectivity index (χ1n) is 33.0. The molecule has 0 aromatic heterocycles. The number of hydrogen-bond acceptors (Lipinski definition) is 8. The highest BCUT2D eigenvalue weighted by molar-refractivity contribution is 5.71. The molecule has 0 aromatic carbocycles. The van der Waals surface area contributed by atoms with Crippen molar-refractivity contribution in [2.75, 3.05) is 47.5 Å². The molecule has 0 N–H and O–H groups in total. The summed E-state index contributed by atoms with van der Waals surface area (Å²) in [5, 5.41) is 11.8. The number of aliphatic carboxylic acids is 1. The van der Waals surface area contributed by atoms with Crippen LogP contribution in [0.4, 0.5) is 0 Å². The fourth-order valence-electron chi connectivity index (χ4n) is 9.08. The Hall–Kier alpha value is -4.05. The lowest BCUT2D eigenvalue weighted by Crippen LogP contribution is -2.44. The molecule has 0 radical (unpaired) electrons. The molecule has 0 saturated carbocycles. The Morgan fingerprint density at radius 1 is 0.383 bits per heavy atom. The van der Waals surface area contributed by atoms with Crippen LogP contribution in [-0.4, -0.2) is 82.3 Å². The molecule has 464 valence electrons. The summed E-state index contributed by atoms with van der Waals surface area (Å²) in [7, 11) is 5.89. The summed E-state index contributed by atoms with van der Waals surface area (Å²) in [4.78, 5) is 37.2. The van der Waals surface area contributed by atoms with E-state index in [2.05, 4.69) is 105 Å². The maximum atomic E-state index is 12.8. The number of likely N-dealkylation sites (N-methyl/N-ethyl adjacent to an activating group) is 1. The van der Waals surface area contributed by atoms with Gasteiger partial charge in [0.25, 0.3) is 0 Å². The van der Waals surface area contributed by atoms with E-state index >= 15 is 0 Å². The van der Waals surface area contributed by atoms with Crippen LogP contribution in [0.1, 0.15) is 271 Å². The smallest absolute Gasteiger partial charge is 0.310 e. The van der Waals surface area contributed by atoms with E-state index in [4.69, 9.17) is 18.9 Å². The van der Waals surface area contributed by atoms with Crippen molar-refractivity contribution in [1.82, 2.24) is 0 Å². The van der Waals surface area contributed by atoms with Crippen molar-refractivity contribution in [3.05, 3.63) is 109 Å². The van der Waals surface area contributed by atoms with Gasteiger partial charge in [0.2, 0.25) is 0 Å². The molecule has 0 fully saturated rings. The Balaban J connectivity index is 3.96. The molecule has 0 bridgehead atoms. The normalized spacial score (nSPS) is 13.4. The summed E-state index contributed by atoms with van der Waals surface area (Å²) in [6, 6.07) is 0. The molecule has 2 unspecified atom stereocenters. The zero-order chi connectivity index (χ0) is 59.1. The van der Waals surface area contributed by atoms with Gasteiger partial charge in [0.15, 0.2) is 12.4 Å². The number of ether oxygens (including phenoxy) is 4. The van der Waals surface area contributed by atoms with Crippen molar-refractivity contribution in [2.45, 2.75) is 283 Å². The topological polar surface area (TPSA) is 111 Å². The third-order valence-corrected chi connectivity index (χ3v) is 14.0. The number of carbonyl (C=O) groups excluding carboxylic acids is 3. The summed E-state index contributed by atoms with van der Waals surface area (Å²) in [6.45, 7) is 4.41. The van der Waals surface area contributed by atoms with E-state index in [1.807, 2.05) is 33.3 Å². The molecule has 0 aromatic rings. The van der Waals surface area contributed by atoms with E-state index in [1.54, 1.807) is 6.08 Å². The predicted molar refractivity (Wildman–Crippen MR) is 343 cm³/mol. The largest absolute Gasteiger partial charge is 0.545 e. The van der Waals surface area contributed by atoms with E-state index in [0.717, 1.165) is 70.6 Å². The van der Waals surface area contributed by atoms with Crippen molar-refractivity contribution >= 4 is 17.9 Å². The van der Waals surface area contributed by atoms with Gasteiger partial charge in [0.1, 0.15) is 13.2 Å². The quantitative estimate of drug-likeness (QED) is 0.0195. The molecule has 2 atom stereocenters. The molecule has 0 rings (SSSR count). The van der Waals surface area contributed by atoms with Gasteiger partial charge in [0.05, 0.1) is 46.7 Å². The minimum Gasteiger partial charge on any atom is -0.545 e. The minimum absolute atomic E-state index is 0.0134. The predicted octanol–water partition coefficient (Wildman–Crippen LogP) is 18.9. The Labute approximate surface area is 498 Å². The molecule has 0 aliphatic rings. The molecule has 9 nitrogen and oxygen atoms in total. The van der Waals surface area contributed by atoms with Crippen LogP contribution >= 0.6 is 0 Å². The molecule has 9 heteroatoms. The van der Waals surface area contributed by atoms with Gasteiger partial charge in [-0.2, -0.15) is 0 Å². The van der Waals surface area contributed by atoms with Crippen LogP contribution in [0, 0.1) is 0 Å². The Morgan fingerprint density at radius 2 is 0.704 bits per heavy atom. The molecule has 0 aliphatic carbocycles. The van der Waals surface area contributed by atoms with Crippen LogP contribution < -0.4 is 5.11 Å². The summed E-state index contributed by atoms with van der Waals surface area (Å²) in [6.07, 6.45) is 83.8. The second-order valence-corrected chi connectivity index (χ2v) is 23.0. The molecule has 0 aliphatic heterocycles. The number of hydrogen-bond donors (Lipinski definition) is 0. The Morgan fingerprint density at radius 3 is 1.05 bits per heavy atom. The first-order valence-corrected chi connectivity index (χ1v) is 33.0. The third-order valence-electron chi connectivity index (χ3n) is 14.0. The molecule has 0 amide bonds. The van der Waals surface area contributed by atoms with Crippen molar-refractivity contribution in [1.29, 1.82) is 0 Å².